The number of benzene rings is 1. The molecule has 1 heterocycles. The first-order chi connectivity index (χ1) is 11.5. The van der Waals surface area contributed by atoms with Gasteiger partial charge in [0, 0.05) is 32.2 Å². The summed E-state index contributed by atoms with van der Waals surface area (Å²) in [7, 11) is 0. The highest BCUT2D eigenvalue weighted by Crippen LogP contribution is 2.42. The van der Waals surface area contributed by atoms with Crippen LogP contribution < -0.4 is 5.32 Å². The van der Waals surface area contributed by atoms with Crippen molar-refractivity contribution in [2.45, 2.75) is 72.8 Å². The van der Waals surface area contributed by atoms with Gasteiger partial charge in [-0.2, -0.15) is 0 Å². The quantitative estimate of drug-likeness (QED) is 0.861. The molecule has 1 saturated carbocycles. The molecule has 3 rings (SSSR count). The van der Waals surface area contributed by atoms with Gasteiger partial charge in [0.05, 0.1) is 0 Å². The van der Waals surface area contributed by atoms with Crippen molar-refractivity contribution in [3.63, 3.8) is 0 Å². The summed E-state index contributed by atoms with van der Waals surface area (Å²) in [5, 5.41) is 3.54. The summed E-state index contributed by atoms with van der Waals surface area (Å²) >= 11 is 0. The molecule has 1 saturated heterocycles. The highest BCUT2D eigenvalue weighted by Gasteiger charge is 2.33. The smallest absolute Gasteiger partial charge is 0.0382 e. The molecule has 0 aromatic heterocycles. The van der Waals surface area contributed by atoms with E-state index in [1.54, 1.807) is 16.7 Å². The van der Waals surface area contributed by atoms with Crippen LogP contribution in [0, 0.1) is 40.5 Å². The Morgan fingerprint density at radius 3 is 1.79 bits per heavy atom. The van der Waals surface area contributed by atoms with Crippen molar-refractivity contribution in [3.8, 4) is 0 Å². The van der Waals surface area contributed by atoms with Crippen LogP contribution in [0.4, 0.5) is 0 Å². The molecule has 0 bridgehead atoms. The average Bonchev–Trinajstić information content (AvgIpc) is 2.63. The van der Waals surface area contributed by atoms with Crippen molar-refractivity contribution in [2.24, 2.45) is 5.92 Å². The lowest BCUT2D eigenvalue weighted by Crippen LogP contribution is -2.47. The Morgan fingerprint density at radius 1 is 0.750 bits per heavy atom. The Hall–Kier alpha value is -0.860. The number of nitrogens with zero attached hydrogens (tertiary/aromatic N) is 1. The van der Waals surface area contributed by atoms with Gasteiger partial charge in [-0.15, -0.1) is 0 Å². The number of nitrogens with one attached hydrogen (secondary N) is 1. The molecule has 2 fully saturated rings. The second-order valence-corrected chi connectivity index (χ2v) is 8.17. The molecule has 0 spiro atoms. The van der Waals surface area contributed by atoms with Gasteiger partial charge in [-0.1, -0.05) is 19.3 Å². The largest absolute Gasteiger partial charge is 0.314 e. The lowest BCUT2D eigenvalue weighted by molar-refractivity contribution is 0.102. The third kappa shape index (κ3) is 3.28. The van der Waals surface area contributed by atoms with Crippen LogP contribution in [0.1, 0.15) is 71.5 Å². The van der Waals surface area contributed by atoms with E-state index in [0.29, 0.717) is 6.04 Å². The first-order valence-electron chi connectivity index (χ1n) is 10.0. The lowest BCUT2D eigenvalue weighted by atomic mass is 9.76. The first kappa shape index (κ1) is 17.9. The maximum atomic E-state index is 3.54. The highest BCUT2D eigenvalue weighted by atomic mass is 15.2. The number of rotatable bonds is 3. The molecule has 1 aliphatic heterocycles. The number of piperazine rings is 1. The van der Waals surface area contributed by atoms with Gasteiger partial charge in [-0.05, 0) is 86.8 Å². The standard InChI is InChI=1S/C22H36N2/c1-15-16(2)18(4)21(19(5)17(15)3)22(20-9-7-6-8-10-20)24-13-11-23-12-14-24/h20,22-23H,6-14H2,1-5H3/t22-/m0/s1. The van der Waals surface area contributed by atoms with E-state index in [1.165, 1.54) is 61.9 Å². The molecule has 2 heteroatoms. The highest BCUT2D eigenvalue weighted by molar-refractivity contribution is 5.51. The van der Waals surface area contributed by atoms with E-state index in [2.05, 4.69) is 44.8 Å². The average molecular weight is 329 g/mol. The van der Waals surface area contributed by atoms with Gasteiger partial charge < -0.3 is 5.32 Å². The molecule has 1 aromatic rings. The lowest BCUT2D eigenvalue weighted by Gasteiger charge is -2.43. The molecule has 0 radical (unpaired) electrons. The predicted octanol–water partition coefficient (Wildman–Crippen LogP) is 4.76. The minimum Gasteiger partial charge on any atom is -0.314 e. The van der Waals surface area contributed by atoms with Gasteiger partial charge in [0.2, 0.25) is 0 Å². The second-order valence-electron chi connectivity index (χ2n) is 8.17. The van der Waals surface area contributed by atoms with Gasteiger partial charge >= 0.3 is 0 Å². The Balaban J connectivity index is 2.07. The monoisotopic (exact) mass is 328 g/mol. The molecular formula is C22H36N2. The van der Waals surface area contributed by atoms with Gasteiger partial charge in [0.25, 0.3) is 0 Å². The minimum atomic E-state index is 0.630. The van der Waals surface area contributed by atoms with Gasteiger partial charge in [-0.3, -0.25) is 4.90 Å². The fraction of sp³-hybridized carbons (Fsp3) is 0.727. The molecule has 1 aromatic carbocycles. The van der Waals surface area contributed by atoms with Crippen molar-refractivity contribution in [1.29, 1.82) is 0 Å². The Labute approximate surface area is 149 Å². The van der Waals surface area contributed by atoms with Gasteiger partial charge in [0.1, 0.15) is 0 Å². The van der Waals surface area contributed by atoms with Crippen molar-refractivity contribution >= 4 is 0 Å². The van der Waals surface area contributed by atoms with Crippen LogP contribution in [-0.4, -0.2) is 31.1 Å². The van der Waals surface area contributed by atoms with Crippen molar-refractivity contribution in [3.05, 3.63) is 33.4 Å². The number of hydrogen-bond donors (Lipinski definition) is 1. The van der Waals surface area contributed by atoms with Crippen LogP contribution in [0.2, 0.25) is 0 Å². The van der Waals surface area contributed by atoms with Gasteiger partial charge in [-0.25, -0.2) is 0 Å². The molecule has 0 amide bonds. The fourth-order valence-corrected chi connectivity index (χ4v) is 5.10. The second kappa shape index (κ2) is 7.58. The normalized spacial score (nSPS) is 21.9. The summed E-state index contributed by atoms with van der Waals surface area (Å²) in [5.41, 5.74) is 9.32. The molecule has 1 aliphatic carbocycles. The van der Waals surface area contributed by atoms with E-state index in [4.69, 9.17) is 0 Å². The summed E-state index contributed by atoms with van der Waals surface area (Å²) in [6, 6.07) is 0.630. The molecule has 1 N–H and O–H groups in total. The Morgan fingerprint density at radius 2 is 1.25 bits per heavy atom. The molecule has 0 unspecified atom stereocenters. The van der Waals surface area contributed by atoms with E-state index in [-0.39, 0.29) is 0 Å². The molecular weight excluding hydrogens is 292 g/mol. The topological polar surface area (TPSA) is 15.3 Å². The molecule has 134 valence electrons. The van der Waals surface area contributed by atoms with Crippen LogP contribution >= 0.6 is 0 Å². The molecule has 2 aliphatic rings. The van der Waals surface area contributed by atoms with Crippen LogP contribution in [0.5, 0.6) is 0 Å². The zero-order chi connectivity index (χ0) is 17.3. The van der Waals surface area contributed by atoms with E-state index in [1.807, 2.05) is 0 Å². The fourth-order valence-electron chi connectivity index (χ4n) is 5.10. The Bertz CT molecular complexity index is 531. The number of hydrogen-bond acceptors (Lipinski definition) is 2. The molecule has 2 nitrogen and oxygen atoms in total. The summed E-state index contributed by atoms with van der Waals surface area (Å²) in [4.78, 5) is 2.80. The maximum absolute atomic E-state index is 3.54. The van der Waals surface area contributed by atoms with Crippen LogP contribution in [-0.2, 0) is 0 Å². The SMILES string of the molecule is Cc1c(C)c(C)c([C@H](C2CCCCC2)N2CCNCC2)c(C)c1C. The Kier molecular flexibility index (Phi) is 5.66. The predicted molar refractivity (Wildman–Crippen MR) is 104 cm³/mol. The molecule has 24 heavy (non-hydrogen) atoms. The zero-order valence-electron chi connectivity index (χ0n) is 16.5. The van der Waals surface area contributed by atoms with E-state index in [0.717, 1.165) is 19.0 Å². The summed E-state index contributed by atoms with van der Waals surface area (Å²) in [6.07, 6.45) is 7.12. The molecule has 1 atom stereocenters. The van der Waals surface area contributed by atoms with Gasteiger partial charge in [0.15, 0.2) is 0 Å². The maximum Gasteiger partial charge on any atom is 0.0382 e. The first-order valence-corrected chi connectivity index (χ1v) is 10.0. The summed E-state index contributed by atoms with van der Waals surface area (Å²) in [6.45, 7) is 16.4. The van der Waals surface area contributed by atoms with Crippen molar-refractivity contribution in [1.82, 2.24) is 10.2 Å². The third-order valence-corrected chi connectivity index (χ3v) is 7.00. The summed E-state index contributed by atoms with van der Waals surface area (Å²) in [5.74, 6) is 0.843. The minimum absolute atomic E-state index is 0.630. The zero-order valence-corrected chi connectivity index (χ0v) is 16.5. The van der Waals surface area contributed by atoms with Crippen molar-refractivity contribution in [2.75, 3.05) is 26.2 Å². The van der Waals surface area contributed by atoms with E-state index in [9.17, 15) is 0 Å². The van der Waals surface area contributed by atoms with Crippen LogP contribution in [0.3, 0.4) is 0 Å². The van der Waals surface area contributed by atoms with Crippen molar-refractivity contribution < 1.29 is 0 Å². The van der Waals surface area contributed by atoms with E-state index < -0.39 is 0 Å². The van der Waals surface area contributed by atoms with E-state index >= 15 is 0 Å². The third-order valence-electron chi connectivity index (χ3n) is 7.00. The van der Waals surface area contributed by atoms with Crippen LogP contribution in [0.25, 0.3) is 0 Å². The van der Waals surface area contributed by atoms with Crippen LogP contribution in [0.15, 0.2) is 0 Å². The summed E-state index contributed by atoms with van der Waals surface area (Å²) < 4.78 is 0.